The molecule has 1 aliphatic rings. The molecular weight excluding hydrogens is 324 g/mol. The van der Waals surface area contributed by atoms with Crippen molar-refractivity contribution in [2.24, 2.45) is 0 Å². The Bertz CT molecular complexity index is 614. The van der Waals surface area contributed by atoms with Gasteiger partial charge in [-0.25, -0.2) is 0 Å². The van der Waals surface area contributed by atoms with Crippen molar-refractivity contribution in [3.05, 3.63) is 45.5 Å². The Morgan fingerprint density at radius 1 is 1.45 bits per heavy atom. The molecule has 0 bridgehead atoms. The van der Waals surface area contributed by atoms with E-state index in [2.05, 4.69) is 10.2 Å². The summed E-state index contributed by atoms with van der Waals surface area (Å²) >= 11 is 7.49. The fourth-order valence-electron chi connectivity index (χ4n) is 2.38. The molecule has 2 aromatic heterocycles. The van der Waals surface area contributed by atoms with Gasteiger partial charge in [0, 0.05) is 18.0 Å². The molecule has 2 aromatic rings. The Morgan fingerprint density at radius 3 is 3.09 bits per heavy atom. The number of furan rings is 1. The minimum atomic E-state index is -0.0127. The SMILES string of the molecule is O=C(CN1CCO[C@@H](c2ccc(Cl)s2)C1)NCc1ccco1. The largest absolute Gasteiger partial charge is 0.467 e. The number of nitrogens with one attached hydrogen (secondary N) is 1. The van der Waals surface area contributed by atoms with Crippen molar-refractivity contribution in [1.82, 2.24) is 10.2 Å². The summed E-state index contributed by atoms with van der Waals surface area (Å²) in [6.07, 6.45) is 1.59. The average molecular weight is 341 g/mol. The summed E-state index contributed by atoms with van der Waals surface area (Å²) in [6.45, 7) is 2.85. The zero-order valence-corrected chi connectivity index (χ0v) is 13.5. The lowest BCUT2D eigenvalue weighted by Gasteiger charge is -2.31. The van der Waals surface area contributed by atoms with Gasteiger partial charge in [-0.05, 0) is 24.3 Å². The summed E-state index contributed by atoms with van der Waals surface area (Å²) < 4.78 is 11.7. The van der Waals surface area contributed by atoms with Crippen molar-refractivity contribution in [2.75, 3.05) is 26.2 Å². The van der Waals surface area contributed by atoms with Crippen LogP contribution < -0.4 is 5.32 Å². The summed E-state index contributed by atoms with van der Waals surface area (Å²) in [4.78, 5) is 15.2. The van der Waals surface area contributed by atoms with E-state index in [9.17, 15) is 4.79 Å². The van der Waals surface area contributed by atoms with Crippen LogP contribution in [-0.4, -0.2) is 37.0 Å². The topological polar surface area (TPSA) is 54.7 Å². The third kappa shape index (κ3) is 4.10. The predicted molar refractivity (Wildman–Crippen MR) is 85.0 cm³/mol. The molecule has 7 heteroatoms. The summed E-state index contributed by atoms with van der Waals surface area (Å²) in [6, 6.07) is 7.50. The van der Waals surface area contributed by atoms with Crippen LogP contribution in [0.4, 0.5) is 0 Å². The summed E-state index contributed by atoms with van der Waals surface area (Å²) in [5.41, 5.74) is 0. The zero-order chi connectivity index (χ0) is 15.4. The first kappa shape index (κ1) is 15.6. The van der Waals surface area contributed by atoms with Gasteiger partial charge in [-0.2, -0.15) is 0 Å². The number of hydrogen-bond donors (Lipinski definition) is 1. The van der Waals surface area contributed by atoms with Crippen molar-refractivity contribution >= 4 is 28.8 Å². The Balaban J connectivity index is 1.48. The fraction of sp³-hybridized carbons (Fsp3) is 0.400. The molecule has 0 aliphatic carbocycles. The Hall–Kier alpha value is -1.34. The fourth-order valence-corrected chi connectivity index (χ4v) is 3.48. The van der Waals surface area contributed by atoms with E-state index in [0.717, 1.165) is 21.5 Å². The van der Waals surface area contributed by atoms with Gasteiger partial charge in [0.2, 0.25) is 5.91 Å². The Morgan fingerprint density at radius 2 is 2.36 bits per heavy atom. The highest BCUT2D eigenvalue weighted by Crippen LogP contribution is 2.30. The number of thiophene rings is 1. The summed E-state index contributed by atoms with van der Waals surface area (Å²) in [5.74, 6) is 0.739. The third-order valence-electron chi connectivity index (χ3n) is 3.47. The first-order chi connectivity index (χ1) is 10.7. The standard InChI is InChI=1S/C15H17ClN2O3S/c16-14-4-3-13(22-14)12-9-18(5-7-21-12)10-15(19)17-8-11-2-1-6-20-11/h1-4,6,12H,5,7-10H2,(H,17,19)/t12-/m1/s1. The Kier molecular flexibility index (Phi) is 5.15. The minimum absolute atomic E-state index is 0.0101. The van der Waals surface area contributed by atoms with E-state index in [1.54, 1.807) is 12.3 Å². The first-order valence-electron chi connectivity index (χ1n) is 7.09. The molecule has 0 unspecified atom stereocenters. The van der Waals surface area contributed by atoms with Crippen molar-refractivity contribution in [3.8, 4) is 0 Å². The lowest BCUT2D eigenvalue weighted by atomic mass is 10.2. The predicted octanol–water partition coefficient (Wildman–Crippen LogP) is 2.68. The van der Waals surface area contributed by atoms with Crippen LogP contribution in [-0.2, 0) is 16.1 Å². The smallest absolute Gasteiger partial charge is 0.234 e. The molecule has 1 saturated heterocycles. The number of carbonyl (C=O) groups is 1. The van der Waals surface area contributed by atoms with Crippen LogP contribution in [0.1, 0.15) is 16.7 Å². The maximum absolute atomic E-state index is 12.0. The molecule has 0 aromatic carbocycles. The van der Waals surface area contributed by atoms with Crippen LogP contribution in [0.3, 0.4) is 0 Å². The van der Waals surface area contributed by atoms with Gasteiger partial charge in [-0.15, -0.1) is 11.3 Å². The van der Waals surface area contributed by atoms with Crippen LogP contribution in [0.15, 0.2) is 34.9 Å². The molecule has 3 rings (SSSR count). The van der Waals surface area contributed by atoms with E-state index in [0.29, 0.717) is 26.2 Å². The van der Waals surface area contributed by atoms with E-state index >= 15 is 0 Å². The monoisotopic (exact) mass is 340 g/mol. The average Bonchev–Trinajstić information content (AvgIpc) is 3.17. The number of nitrogens with zero attached hydrogens (tertiary/aromatic N) is 1. The van der Waals surface area contributed by atoms with Gasteiger partial charge < -0.3 is 14.5 Å². The van der Waals surface area contributed by atoms with E-state index < -0.39 is 0 Å². The molecule has 22 heavy (non-hydrogen) atoms. The maximum atomic E-state index is 12.0. The van der Waals surface area contributed by atoms with Crippen LogP contribution in [0.25, 0.3) is 0 Å². The maximum Gasteiger partial charge on any atom is 0.234 e. The van der Waals surface area contributed by atoms with Crippen molar-refractivity contribution in [2.45, 2.75) is 12.6 Å². The molecule has 1 aliphatic heterocycles. The molecule has 0 radical (unpaired) electrons. The highest BCUT2D eigenvalue weighted by atomic mass is 35.5. The molecule has 1 amide bonds. The number of ether oxygens (including phenoxy) is 1. The van der Waals surface area contributed by atoms with Gasteiger partial charge in [0.15, 0.2) is 0 Å². The highest BCUT2D eigenvalue weighted by molar-refractivity contribution is 7.16. The van der Waals surface area contributed by atoms with Crippen LogP contribution in [0.5, 0.6) is 0 Å². The zero-order valence-electron chi connectivity index (χ0n) is 12.0. The van der Waals surface area contributed by atoms with Gasteiger partial charge in [-0.1, -0.05) is 11.6 Å². The molecule has 0 spiro atoms. The third-order valence-corrected chi connectivity index (χ3v) is 4.79. The van der Waals surface area contributed by atoms with Crippen molar-refractivity contribution in [3.63, 3.8) is 0 Å². The number of halogens is 1. The Labute approximate surface area is 137 Å². The van der Waals surface area contributed by atoms with E-state index in [1.165, 1.54) is 11.3 Å². The minimum Gasteiger partial charge on any atom is -0.467 e. The lowest BCUT2D eigenvalue weighted by Crippen LogP contribution is -2.44. The van der Waals surface area contributed by atoms with Crippen LogP contribution in [0, 0.1) is 0 Å². The van der Waals surface area contributed by atoms with E-state index in [-0.39, 0.29) is 12.0 Å². The number of morpholine rings is 1. The summed E-state index contributed by atoms with van der Waals surface area (Å²) in [7, 11) is 0. The number of rotatable bonds is 5. The molecule has 0 saturated carbocycles. The van der Waals surface area contributed by atoms with Crippen molar-refractivity contribution < 1.29 is 13.9 Å². The number of hydrogen-bond acceptors (Lipinski definition) is 5. The number of carbonyl (C=O) groups excluding carboxylic acids is 1. The molecule has 1 N–H and O–H groups in total. The highest BCUT2D eigenvalue weighted by Gasteiger charge is 2.24. The quantitative estimate of drug-likeness (QED) is 0.909. The second-order valence-corrected chi connectivity index (χ2v) is 6.84. The second-order valence-electron chi connectivity index (χ2n) is 5.09. The lowest BCUT2D eigenvalue weighted by molar-refractivity contribution is -0.124. The van der Waals surface area contributed by atoms with Gasteiger partial charge >= 0.3 is 0 Å². The molecule has 3 heterocycles. The van der Waals surface area contributed by atoms with Crippen molar-refractivity contribution in [1.29, 1.82) is 0 Å². The van der Waals surface area contributed by atoms with Crippen LogP contribution in [0.2, 0.25) is 4.34 Å². The van der Waals surface area contributed by atoms with Crippen LogP contribution >= 0.6 is 22.9 Å². The molecule has 118 valence electrons. The van der Waals surface area contributed by atoms with Gasteiger partial charge in [0.1, 0.15) is 11.9 Å². The summed E-state index contributed by atoms with van der Waals surface area (Å²) in [5, 5.41) is 2.86. The normalized spacial score (nSPS) is 19.2. The molecule has 5 nitrogen and oxygen atoms in total. The second kappa shape index (κ2) is 7.28. The molecule has 1 fully saturated rings. The van der Waals surface area contributed by atoms with E-state index in [1.807, 2.05) is 18.2 Å². The van der Waals surface area contributed by atoms with E-state index in [4.69, 9.17) is 20.8 Å². The molecule has 1 atom stereocenters. The first-order valence-corrected chi connectivity index (χ1v) is 8.28. The van der Waals surface area contributed by atoms with Gasteiger partial charge in [-0.3, -0.25) is 9.69 Å². The van der Waals surface area contributed by atoms with Gasteiger partial charge in [0.05, 0.1) is 30.3 Å². The molecular formula is C15H17ClN2O3S. The van der Waals surface area contributed by atoms with Gasteiger partial charge in [0.25, 0.3) is 0 Å². The number of amides is 1.